The van der Waals surface area contributed by atoms with Crippen molar-refractivity contribution < 1.29 is 22.7 Å². The Bertz CT molecular complexity index is 244. The molecule has 0 aromatic carbocycles. The second kappa shape index (κ2) is 4.00. The molecule has 6 heteroatoms. The van der Waals surface area contributed by atoms with E-state index in [1.807, 2.05) is 0 Å². The fourth-order valence-electron chi connectivity index (χ4n) is 1.40. The van der Waals surface area contributed by atoms with Crippen LogP contribution < -0.4 is 5.73 Å². The van der Waals surface area contributed by atoms with Gasteiger partial charge in [-0.2, -0.15) is 13.2 Å². The second-order valence-electron chi connectivity index (χ2n) is 4.01. The Kier molecular flexibility index (Phi) is 3.28. The molecular formula is C9H14F3NO2. The molecule has 0 aromatic rings. The van der Waals surface area contributed by atoms with Gasteiger partial charge in [0.05, 0.1) is 0 Å². The lowest BCUT2D eigenvalue weighted by Gasteiger charge is -2.26. The summed E-state index contributed by atoms with van der Waals surface area (Å²) in [7, 11) is 0. The molecule has 1 rings (SSSR count). The molecule has 15 heavy (non-hydrogen) atoms. The number of nitrogens with two attached hydrogens (primary N) is 1. The number of rotatable bonds is 2. The summed E-state index contributed by atoms with van der Waals surface area (Å²) in [5, 5.41) is 0. The van der Waals surface area contributed by atoms with Crippen LogP contribution in [0.1, 0.15) is 32.6 Å². The molecule has 0 amide bonds. The van der Waals surface area contributed by atoms with Crippen LogP contribution >= 0.6 is 0 Å². The fourth-order valence-corrected chi connectivity index (χ4v) is 1.40. The number of hydrogen-bond donors (Lipinski definition) is 1. The van der Waals surface area contributed by atoms with E-state index in [0.717, 1.165) is 12.8 Å². The molecule has 1 atom stereocenters. The molecule has 2 N–H and O–H groups in total. The van der Waals surface area contributed by atoms with Gasteiger partial charge in [0.1, 0.15) is 6.10 Å². The Morgan fingerprint density at radius 2 is 1.80 bits per heavy atom. The molecular weight excluding hydrogens is 211 g/mol. The van der Waals surface area contributed by atoms with Gasteiger partial charge in [-0.25, -0.2) is 4.79 Å². The molecule has 0 heterocycles. The lowest BCUT2D eigenvalue weighted by atomic mass is 10.0. The van der Waals surface area contributed by atoms with Crippen molar-refractivity contribution in [2.45, 2.75) is 50.4 Å². The molecule has 88 valence electrons. The van der Waals surface area contributed by atoms with Gasteiger partial charge < -0.3 is 10.5 Å². The maximum Gasteiger partial charge on any atom is 0.416 e. The van der Waals surface area contributed by atoms with Crippen LogP contribution in [-0.4, -0.2) is 23.8 Å². The molecule has 0 spiro atoms. The Morgan fingerprint density at radius 1 is 1.33 bits per heavy atom. The van der Waals surface area contributed by atoms with Gasteiger partial charge >= 0.3 is 12.1 Å². The lowest BCUT2D eigenvalue weighted by molar-refractivity contribution is -0.204. The maximum atomic E-state index is 12.3. The van der Waals surface area contributed by atoms with Crippen molar-refractivity contribution in [3.05, 3.63) is 0 Å². The number of halogens is 3. The van der Waals surface area contributed by atoms with Crippen molar-refractivity contribution in [1.29, 1.82) is 0 Å². The van der Waals surface area contributed by atoms with Crippen molar-refractivity contribution in [2.24, 2.45) is 5.73 Å². The first-order chi connectivity index (χ1) is 6.75. The number of hydrogen-bond acceptors (Lipinski definition) is 3. The van der Waals surface area contributed by atoms with Gasteiger partial charge in [-0.1, -0.05) is 0 Å². The molecule has 0 radical (unpaired) electrons. The third-order valence-corrected chi connectivity index (χ3v) is 2.59. The molecule has 0 aromatic heterocycles. The highest BCUT2D eigenvalue weighted by molar-refractivity contribution is 5.81. The Labute approximate surface area is 85.8 Å². The zero-order chi connectivity index (χ0) is 11.7. The third kappa shape index (κ3) is 2.62. The first kappa shape index (κ1) is 12.3. The van der Waals surface area contributed by atoms with Crippen LogP contribution in [-0.2, 0) is 9.53 Å². The molecule has 0 saturated heterocycles. The minimum absolute atomic E-state index is 0.400. The van der Waals surface area contributed by atoms with Crippen molar-refractivity contribution in [1.82, 2.24) is 0 Å². The van der Waals surface area contributed by atoms with E-state index in [1.54, 1.807) is 0 Å². The van der Waals surface area contributed by atoms with Gasteiger partial charge in [0, 0.05) is 0 Å². The van der Waals surface area contributed by atoms with E-state index in [4.69, 9.17) is 10.5 Å². The minimum Gasteiger partial charge on any atom is -0.461 e. The average Bonchev–Trinajstić information content (AvgIpc) is 2.54. The van der Waals surface area contributed by atoms with Crippen molar-refractivity contribution in [3.8, 4) is 0 Å². The highest BCUT2D eigenvalue weighted by Gasteiger charge is 2.55. The predicted octanol–water partition coefficient (Wildman–Crippen LogP) is 1.75. The van der Waals surface area contributed by atoms with Gasteiger partial charge in [0.15, 0.2) is 0 Å². The van der Waals surface area contributed by atoms with Gasteiger partial charge in [-0.05, 0) is 32.6 Å². The van der Waals surface area contributed by atoms with Gasteiger partial charge in [-0.3, -0.25) is 0 Å². The highest BCUT2D eigenvalue weighted by atomic mass is 19.4. The van der Waals surface area contributed by atoms with E-state index >= 15 is 0 Å². The van der Waals surface area contributed by atoms with E-state index in [-0.39, 0.29) is 0 Å². The molecule has 0 aliphatic heterocycles. The maximum absolute atomic E-state index is 12.3. The number of carbonyl (C=O) groups excluding carboxylic acids is 1. The van der Waals surface area contributed by atoms with Crippen LogP contribution in [0.4, 0.5) is 13.2 Å². The summed E-state index contributed by atoms with van der Waals surface area (Å²) < 4.78 is 41.7. The zero-order valence-electron chi connectivity index (χ0n) is 8.43. The van der Waals surface area contributed by atoms with Crippen LogP contribution in [0.3, 0.4) is 0 Å². The summed E-state index contributed by atoms with van der Waals surface area (Å²) in [6.45, 7) is 0.629. The van der Waals surface area contributed by atoms with Gasteiger partial charge in [0.2, 0.25) is 5.54 Å². The van der Waals surface area contributed by atoms with Crippen LogP contribution in [0.2, 0.25) is 0 Å². The van der Waals surface area contributed by atoms with E-state index in [2.05, 4.69) is 0 Å². The van der Waals surface area contributed by atoms with E-state index < -0.39 is 23.8 Å². The van der Waals surface area contributed by atoms with Crippen molar-refractivity contribution >= 4 is 5.97 Å². The molecule has 0 bridgehead atoms. The Hall–Kier alpha value is -0.780. The second-order valence-corrected chi connectivity index (χ2v) is 4.01. The number of alkyl halides is 3. The summed E-state index contributed by atoms with van der Waals surface area (Å²) in [5.41, 5.74) is 2.01. The normalized spacial score (nSPS) is 22.5. The molecule has 1 aliphatic carbocycles. The summed E-state index contributed by atoms with van der Waals surface area (Å²) in [6.07, 6.45) is -2.17. The highest BCUT2D eigenvalue weighted by Crippen LogP contribution is 2.30. The summed E-state index contributed by atoms with van der Waals surface area (Å²) in [4.78, 5) is 11.2. The molecule has 1 fully saturated rings. The molecule has 1 unspecified atom stereocenters. The first-order valence-corrected chi connectivity index (χ1v) is 4.82. The average molecular weight is 225 g/mol. The Morgan fingerprint density at radius 3 is 2.20 bits per heavy atom. The fraction of sp³-hybridized carbons (Fsp3) is 0.889. The van der Waals surface area contributed by atoms with Crippen molar-refractivity contribution in [2.75, 3.05) is 0 Å². The van der Waals surface area contributed by atoms with Gasteiger partial charge in [0.25, 0.3) is 0 Å². The zero-order valence-corrected chi connectivity index (χ0v) is 8.43. The van der Waals surface area contributed by atoms with Crippen LogP contribution in [0.15, 0.2) is 0 Å². The summed E-state index contributed by atoms with van der Waals surface area (Å²) in [6, 6.07) is 0. The quantitative estimate of drug-likeness (QED) is 0.728. The largest absolute Gasteiger partial charge is 0.461 e. The first-order valence-electron chi connectivity index (χ1n) is 4.82. The number of esters is 1. The number of carbonyl (C=O) groups is 1. The van der Waals surface area contributed by atoms with Crippen LogP contribution in [0, 0.1) is 0 Å². The SMILES string of the molecule is CC(N)(C(=O)OC1CCCC1)C(F)(F)F. The Balaban J connectivity index is 2.59. The van der Waals surface area contributed by atoms with Crippen LogP contribution in [0.25, 0.3) is 0 Å². The van der Waals surface area contributed by atoms with Crippen LogP contribution in [0.5, 0.6) is 0 Å². The topological polar surface area (TPSA) is 52.3 Å². The minimum atomic E-state index is -4.78. The smallest absolute Gasteiger partial charge is 0.416 e. The third-order valence-electron chi connectivity index (χ3n) is 2.59. The van der Waals surface area contributed by atoms with E-state index in [9.17, 15) is 18.0 Å². The standard InChI is InChI=1S/C9H14F3NO2/c1-8(13,9(10,11)12)7(14)15-6-4-2-3-5-6/h6H,2-5,13H2,1H3. The van der Waals surface area contributed by atoms with Gasteiger partial charge in [-0.15, -0.1) is 0 Å². The monoisotopic (exact) mass is 225 g/mol. The summed E-state index contributed by atoms with van der Waals surface area (Å²) >= 11 is 0. The molecule has 1 saturated carbocycles. The number of ether oxygens (including phenoxy) is 1. The molecule has 1 aliphatic rings. The van der Waals surface area contributed by atoms with Crippen molar-refractivity contribution in [3.63, 3.8) is 0 Å². The molecule has 3 nitrogen and oxygen atoms in total. The van der Waals surface area contributed by atoms with E-state index in [0.29, 0.717) is 19.8 Å². The van der Waals surface area contributed by atoms with E-state index in [1.165, 1.54) is 0 Å². The predicted molar refractivity (Wildman–Crippen MR) is 47.0 cm³/mol. The lowest BCUT2D eigenvalue weighted by Crippen LogP contribution is -2.58. The summed E-state index contributed by atoms with van der Waals surface area (Å²) in [5.74, 6) is -1.39.